The molecule has 0 radical (unpaired) electrons. The van der Waals surface area contributed by atoms with Crippen LogP contribution in [-0.2, 0) is 14.2 Å². The van der Waals surface area contributed by atoms with Crippen molar-refractivity contribution in [3.8, 4) is 33.8 Å². The number of aromatic nitrogens is 8. The molecule has 422 valence electrons. The van der Waals surface area contributed by atoms with Crippen molar-refractivity contribution < 1.29 is 48.5 Å². The van der Waals surface area contributed by atoms with Crippen molar-refractivity contribution in [2.75, 3.05) is 77.5 Å². The molecule has 24 nitrogen and oxygen atoms in total. The number of nitrogens with zero attached hydrogens (tertiary/aromatic N) is 9. The molecule has 0 spiro atoms. The quantitative estimate of drug-likeness (QED) is 0.0501. The molecule has 5 heterocycles. The molecular formula is C53H56BBr3N14O10. The first-order chi connectivity index (χ1) is 38.7. The van der Waals surface area contributed by atoms with E-state index in [1.165, 1.54) is 102 Å². The molecule has 1 aliphatic rings. The molecule has 1 saturated heterocycles. The zero-order chi connectivity index (χ0) is 59.4. The third-order valence-electron chi connectivity index (χ3n) is 10.6. The summed E-state index contributed by atoms with van der Waals surface area (Å²) in [5, 5.41) is 29.6. The van der Waals surface area contributed by atoms with Gasteiger partial charge in [0, 0.05) is 29.8 Å². The van der Waals surface area contributed by atoms with E-state index >= 15 is 0 Å². The summed E-state index contributed by atoms with van der Waals surface area (Å²) in [5.41, 5.74) is 28.2. The lowest BCUT2D eigenvalue weighted by Gasteiger charge is -2.09. The van der Waals surface area contributed by atoms with Crippen LogP contribution in [0.5, 0.6) is 0 Å². The number of nitrogens with one attached hydrogen (secondary N) is 1. The lowest BCUT2D eigenvalue weighted by Crippen LogP contribution is -2.29. The van der Waals surface area contributed by atoms with Gasteiger partial charge in [-0.15, -0.1) is 0 Å². The summed E-state index contributed by atoms with van der Waals surface area (Å²) in [5.74, 6) is -0.667. The molecule has 12 N–H and O–H groups in total. The van der Waals surface area contributed by atoms with E-state index < -0.39 is 19.1 Å². The number of anilines is 4. The summed E-state index contributed by atoms with van der Waals surface area (Å²) in [6, 6.07) is 26.1. The zero-order valence-corrected chi connectivity index (χ0v) is 48.7. The minimum atomic E-state index is -1.51. The van der Waals surface area contributed by atoms with Crippen LogP contribution in [0.4, 0.5) is 23.3 Å². The number of nitrogens with two attached hydrogens (primary N) is 4. The zero-order valence-electron chi connectivity index (χ0n) is 44.0. The van der Waals surface area contributed by atoms with Gasteiger partial charge in [0.15, 0.2) is 11.6 Å². The van der Waals surface area contributed by atoms with Gasteiger partial charge in [0.25, 0.3) is 0 Å². The number of carboxylic acids is 1. The molecule has 28 heteroatoms. The van der Waals surface area contributed by atoms with Gasteiger partial charge in [-0.1, -0.05) is 48.5 Å². The van der Waals surface area contributed by atoms with Crippen LogP contribution in [0.3, 0.4) is 0 Å². The van der Waals surface area contributed by atoms with E-state index in [4.69, 9.17) is 38.1 Å². The van der Waals surface area contributed by atoms with Crippen molar-refractivity contribution in [3.05, 3.63) is 170 Å². The van der Waals surface area contributed by atoms with Crippen LogP contribution >= 0.6 is 47.8 Å². The van der Waals surface area contributed by atoms with Gasteiger partial charge in [-0.05, 0) is 128 Å². The molecule has 9 rings (SSSR count). The Balaban J connectivity index is 0.000000214. The number of carbonyl (C=O) groups is 4. The normalized spacial score (nSPS) is 11.4. The molecular weight excluding hydrogens is 1240 g/mol. The molecule has 0 amide bonds. The van der Waals surface area contributed by atoms with Gasteiger partial charge in [0.1, 0.15) is 25.4 Å². The summed E-state index contributed by atoms with van der Waals surface area (Å²) in [7, 11) is 4.65. The second kappa shape index (κ2) is 33.9. The molecule has 81 heavy (non-hydrogen) atoms. The highest BCUT2D eigenvalue weighted by molar-refractivity contribution is 9.11. The Morgan fingerprint density at radius 1 is 0.519 bits per heavy atom. The number of halogens is 3. The van der Waals surface area contributed by atoms with Gasteiger partial charge < -0.3 is 62.5 Å². The standard InChI is InChI=1S/C12H10BrN3O2.C12H11N3O2.C11H8BrN3O2.C8H9BO4.C6H14N2.C4H4BrN3/c1-18-12(17)8-4-2-7(3-5-8)9-6-15-11(14)10(13)16-9;1-17-12(16)9-4-2-8(3-5-9)10-6-15-11(13)7-14-10;12-9-10(13)14-5-8(15-9)6-1-3-7(4-2-6)11(16)17;1-13-8(10)6-2-4-7(5-3-6)9(11)12;1-8-5-2-3-7-4-6-8;5-3-1-8-4(6)2-7-3/h2-6H,1H3,(H2,14,15);2-7H,1H3,(H2,13,15);1-5H,(H2,13,14)(H,16,17);2-5,11-12H,1H3;7H,2-6H2,1H3;1-2H,(H2,6,8). The number of carbonyl (C=O) groups excluding carboxylic acids is 3. The second-order valence-electron chi connectivity index (χ2n) is 16.4. The van der Waals surface area contributed by atoms with E-state index in [0.717, 1.165) is 23.2 Å². The number of ether oxygens (including phenoxy) is 3. The Bertz CT molecular complexity index is 3240. The lowest BCUT2D eigenvalue weighted by molar-refractivity contribution is 0.0592. The fourth-order valence-corrected chi connectivity index (χ4v) is 7.09. The number of rotatable bonds is 8. The van der Waals surface area contributed by atoms with E-state index in [1.54, 1.807) is 79.3 Å². The number of carboxylic acid groups (broad SMARTS) is 1. The van der Waals surface area contributed by atoms with Crippen LogP contribution in [0.25, 0.3) is 33.8 Å². The van der Waals surface area contributed by atoms with Crippen LogP contribution in [0, 0.1) is 0 Å². The number of esters is 3. The maximum absolute atomic E-state index is 11.3. The summed E-state index contributed by atoms with van der Waals surface area (Å²) < 4.78 is 15.4. The molecule has 4 aromatic heterocycles. The Morgan fingerprint density at radius 2 is 0.914 bits per heavy atom. The number of nitrogen functional groups attached to an aromatic ring is 4. The fourth-order valence-electron chi connectivity index (χ4n) is 6.30. The van der Waals surface area contributed by atoms with E-state index in [2.05, 4.69) is 119 Å². The second-order valence-corrected chi connectivity index (χ2v) is 18.7. The largest absolute Gasteiger partial charge is 0.488 e. The van der Waals surface area contributed by atoms with Crippen molar-refractivity contribution in [1.82, 2.24) is 50.1 Å². The van der Waals surface area contributed by atoms with E-state index in [0.29, 0.717) is 76.3 Å². The van der Waals surface area contributed by atoms with Crippen LogP contribution in [-0.4, -0.2) is 145 Å². The predicted molar refractivity (Wildman–Crippen MR) is 317 cm³/mol. The van der Waals surface area contributed by atoms with Crippen molar-refractivity contribution in [2.45, 2.75) is 6.42 Å². The summed E-state index contributed by atoms with van der Waals surface area (Å²) in [4.78, 5) is 78.6. The van der Waals surface area contributed by atoms with Crippen molar-refractivity contribution in [3.63, 3.8) is 0 Å². The van der Waals surface area contributed by atoms with Crippen LogP contribution < -0.4 is 33.7 Å². The predicted octanol–water partition coefficient (Wildman–Crippen LogP) is 5.86. The molecule has 8 aromatic rings. The average molecular weight is 1300 g/mol. The van der Waals surface area contributed by atoms with E-state index in [9.17, 15) is 19.2 Å². The van der Waals surface area contributed by atoms with Gasteiger partial charge in [-0.2, -0.15) is 0 Å². The van der Waals surface area contributed by atoms with Crippen molar-refractivity contribution >= 4 is 108 Å². The molecule has 0 atom stereocenters. The minimum absolute atomic E-state index is 0.233. The summed E-state index contributed by atoms with van der Waals surface area (Å²) in [6.07, 6.45) is 10.5. The Hall–Kier alpha value is -8.38. The number of methoxy groups -OCH3 is 3. The lowest BCUT2D eigenvalue weighted by atomic mass is 9.80. The van der Waals surface area contributed by atoms with Gasteiger partial charge >= 0.3 is 31.0 Å². The maximum atomic E-state index is 11.3. The Morgan fingerprint density at radius 3 is 1.27 bits per heavy atom. The highest BCUT2D eigenvalue weighted by atomic mass is 79.9. The Labute approximate surface area is 491 Å². The van der Waals surface area contributed by atoms with Gasteiger partial charge in [0.2, 0.25) is 0 Å². The van der Waals surface area contributed by atoms with Crippen LogP contribution in [0.1, 0.15) is 47.9 Å². The molecule has 0 bridgehead atoms. The van der Waals surface area contributed by atoms with E-state index in [-0.39, 0.29) is 17.5 Å². The topological polar surface area (TPSA) is 379 Å². The highest BCUT2D eigenvalue weighted by Gasteiger charge is 2.13. The molecule has 1 fully saturated rings. The first-order valence-corrected chi connectivity index (χ1v) is 26.1. The summed E-state index contributed by atoms with van der Waals surface area (Å²) in [6.45, 7) is 4.83. The number of hydrogen-bond acceptors (Lipinski definition) is 23. The first-order valence-electron chi connectivity index (χ1n) is 23.7. The molecule has 0 unspecified atom stereocenters. The number of aromatic carboxylic acids is 1. The average Bonchev–Trinajstić information content (AvgIpc) is 3.75. The highest BCUT2D eigenvalue weighted by Crippen LogP contribution is 2.24. The van der Waals surface area contributed by atoms with Gasteiger partial charge in [0.05, 0.1) is 97.8 Å². The van der Waals surface area contributed by atoms with Gasteiger partial charge in [-0.3, -0.25) is 4.98 Å². The van der Waals surface area contributed by atoms with Crippen LogP contribution in [0.2, 0.25) is 0 Å². The summed E-state index contributed by atoms with van der Waals surface area (Å²) >= 11 is 9.52. The number of hydrogen-bond donors (Lipinski definition) is 8. The van der Waals surface area contributed by atoms with Gasteiger partial charge in [-0.25, -0.2) is 54.1 Å². The van der Waals surface area contributed by atoms with E-state index in [1.807, 2.05) is 0 Å². The third-order valence-corrected chi connectivity index (χ3v) is 12.2. The van der Waals surface area contributed by atoms with Crippen molar-refractivity contribution in [2.24, 2.45) is 0 Å². The fraction of sp³-hybridized carbons (Fsp3) is 0.170. The first kappa shape index (κ1) is 65.1. The minimum Gasteiger partial charge on any atom is -0.478 e. The molecule has 0 saturated carbocycles. The number of likely N-dealkylation sites (N-methyl/N-ethyl adjacent to an activating group) is 1. The maximum Gasteiger partial charge on any atom is 0.488 e. The molecule has 4 aromatic carbocycles. The Kier molecular flexibility index (Phi) is 27.3. The van der Waals surface area contributed by atoms with Crippen molar-refractivity contribution in [1.29, 1.82) is 0 Å². The molecule has 1 aliphatic heterocycles. The third kappa shape index (κ3) is 22.4. The molecule has 0 aliphatic carbocycles. The monoisotopic (exact) mass is 1300 g/mol. The SMILES string of the molecule is CN1CCCNCC1.COC(=O)c1ccc(-c2cnc(N)c(Br)n2)cc1.COC(=O)c1ccc(-c2cnc(N)cn2)cc1.COC(=O)c1ccc(B(O)O)cc1.Nc1cnc(Br)cn1.Nc1ncc(-c2ccc(C(=O)O)cc2)nc1Br. The number of benzene rings is 4. The smallest absolute Gasteiger partial charge is 0.478 e. The van der Waals surface area contributed by atoms with Crippen LogP contribution in [0.15, 0.2) is 148 Å².